The Kier molecular flexibility index (Phi) is 5.27. The Morgan fingerprint density at radius 2 is 1.92 bits per heavy atom. The van der Waals surface area contributed by atoms with E-state index in [1.807, 2.05) is 0 Å². The van der Waals surface area contributed by atoms with Crippen molar-refractivity contribution in [1.29, 1.82) is 0 Å². The first-order chi connectivity index (χ1) is 12.2. The number of aliphatic hydroxyl groups is 1. The molecule has 0 aromatic heterocycles. The van der Waals surface area contributed by atoms with Crippen LogP contribution in [0, 0.1) is 0 Å². The molecule has 4 rings (SSSR count). The number of fused-ring (bicyclic) bond motifs is 1. The summed E-state index contributed by atoms with van der Waals surface area (Å²) in [4.78, 5) is 4.94. The van der Waals surface area contributed by atoms with E-state index in [-0.39, 0.29) is 12.1 Å². The Morgan fingerprint density at radius 3 is 2.68 bits per heavy atom. The van der Waals surface area contributed by atoms with E-state index in [2.05, 4.69) is 21.9 Å². The molecule has 2 atom stereocenters. The van der Waals surface area contributed by atoms with Gasteiger partial charge in [0.15, 0.2) is 0 Å². The molecule has 0 radical (unpaired) electrons. The Morgan fingerprint density at radius 1 is 1.08 bits per heavy atom. The van der Waals surface area contributed by atoms with Gasteiger partial charge in [-0.3, -0.25) is 9.80 Å². The van der Waals surface area contributed by atoms with Crippen molar-refractivity contribution in [1.82, 2.24) is 9.80 Å². The van der Waals surface area contributed by atoms with Crippen LogP contribution in [0.15, 0.2) is 12.1 Å². The quantitative estimate of drug-likeness (QED) is 0.894. The molecule has 0 unspecified atom stereocenters. The van der Waals surface area contributed by atoms with E-state index in [0.717, 1.165) is 44.9 Å². The molecule has 0 bridgehead atoms. The molecule has 2 heterocycles. The average Bonchev–Trinajstić information content (AvgIpc) is 3.18. The van der Waals surface area contributed by atoms with Crippen LogP contribution < -0.4 is 4.74 Å². The van der Waals surface area contributed by atoms with Crippen LogP contribution in [0.5, 0.6) is 5.75 Å². The van der Waals surface area contributed by atoms with Crippen LogP contribution in [0.1, 0.15) is 29.5 Å². The fourth-order valence-electron chi connectivity index (χ4n) is 4.57. The highest BCUT2D eigenvalue weighted by Gasteiger charge is 2.32. The fourth-order valence-corrected chi connectivity index (χ4v) is 4.57. The number of benzene rings is 1. The molecule has 138 valence electrons. The molecule has 25 heavy (non-hydrogen) atoms. The summed E-state index contributed by atoms with van der Waals surface area (Å²) in [6, 6.07) is 4.81. The van der Waals surface area contributed by atoms with E-state index in [4.69, 9.17) is 9.47 Å². The predicted molar refractivity (Wildman–Crippen MR) is 97.1 cm³/mol. The number of methoxy groups -OCH3 is 1. The Hall–Kier alpha value is -1.14. The van der Waals surface area contributed by atoms with Crippen molar-refractivity contribution in [3.8, 4) is 5.75 Å². The summed E-state index contributed by atoms with van der Waals surface area (Å²) in [6.07, 6.45) is 4.47. The molecule has 5 heteroatoms. The van der Waals surface area contributed by atoms with Crippen LogP contribution in [0.2, 0.25) is 0 Å². The van der Waals surface area contributed by atoms with E-state index < -0.39 is 0 Å². The number of hydrogen-bond acceptors (Lipinski definition) is 5. The predicted octanol–water partition coefficient (Wildman–Crippen LogP) is 1.45. The second kappa shape index (κ2) is 7.62. The monoisotopic (exact) mass is 346 g/mol. The minimum absolute atomic E-state index is 0.175. The number of aliphatic hydroxyl groups excluding tert-OH is 1. The zero-order valence-electron chi connectivity index (χ0n) is 15.2. The van der Waals surface area contributed by atoms with Crippen molar-refractivity contribution in [3.05, 3.63) is 28.8 Å². The van der Waals surface area contributed by atoms with Gasteiger partial charge in [0.1, 0.15) is 5.75 Å². The number of nitrogens with zero attached hydrogens (tertiary/aromatic N) is 2. The molecule has 0 spiro atoms. The zero-order valence-corrected chi connectivity index (χ0v) is 15.2. The minimum Gasteiger partial charge on any atom is -0.496 e. The van der Waals surface area contributed by atoms with E-state index in [9.17, 15) is 5.11 Å². The molecule has 2 saturated heterocycles. The lowest BCUT2D eigenvalue weighted by Crippen LogP contribution is -2.44. The van der Waals surface area contributed by atoms with Gasteiger partial charge in [-0.2, -0.15) is 0 Å². The highest BCUT2D eigenvalue weighted by molar-refractivity contribution is 5.44. The summed E-state index contributed by atoms with van der Waals surface area (Å²) in [6.45, 7) is 6.27. The van der Waals surface area contributed by atoms with Crippen molar-refractivity contribution in [3.63, 3.8) is 0 Å². The summed E-state index contributed by atoms with van der Waals surface area (Å²) in [7, 11) is 1.78. The van der Waals surface area contributed by atoms with E-state index in [1.165, 1.54) is 36.0 Å². The maximum atomic E-state index is 10.1. The molecule has 5 nitrogen and oxygen atoms in total. The van der Waals surface area contributed by atoms with E-state index >= 15 is 0 Å². The average molecular weight is 346 g/mol. The van der Waals surface area contributed by atoms with Gasteiger partial charge in [0.05, 0.1) is 32.5 Å². The van der Waals surface area contributed by atoms with Crippen LogP contribution >= 0.6 is 0 Å². The van der Waals surface area contributed by atoms with Crippen LogP contribution in [-0.2, 0) is 24.1 Å². The molecule has 0 amide bonds. The molecule has 1 aromatic rings. The molecular formula is C20H30N2O3. The maximum absolute atomic E-state index is 10.1. The third kappa shape index (κ3) is 3.70. The number of ether oxygens (including phenoxy) is 2. The molecule has 0 saturated carbocycles. The number of aryl methyl sites for hydroxylation is 2. The van der Waals surface area contributed by atoms with Gasteiger partial charge in [0.25, 0.3) is 0 Å². The summed E-state index contributed by atoms with van der Waals surface area (Å²) < 4.78 is 11.1. The first-order valence-corrected chi connectivity index (χ1v) is 9.65. The summed E-state index contributed by atoms with van der Waals surface area (Å²) >= 11 is 0. The van der Waals surface area contributed by atoms with Gasteiger partial charge >= 0.3 is 0 Å². The van der Waals surface area contributed by atoms with Crippen molar-refractivity contribution in [2.24, 2.45) is 0 Å². The molecule has 1 N–H and O–H groups in total. The lowest BCUT2D eigenvalue weighted by Gasteiger charge is -2.28. The van der Waals surface area contributed by atoms with Gasteiger partial charge < -0.3 is 14.6 Å². The van der Waals surface area contributed by atoms with Crippen molar-refractivity contribution in [2.75, 3.05) is 46.5 Å². The zero-order chi connectivity index (χ0) is 17.2. The van der Waals surface area contributed by atoms with Crippen LogP contribution in [0.3, 0.4) is 0 Å². The first kappa shape index (κ1) is 17.3. The summed E-state index contributed by atoms with van der Waals surface area (Å²) in [5.41, 5.74) is 4.30. The number of hydrogen-bond donors (Lipinski definition) is 1. The van der Waals surface area contributed by atoms with Crippen LogP contribution in [0.25, 0.3) is 0 Å². The summed E-state index contributed by atoms with van der Waals surface area (Å²) in [5, 5.41) is 10.1. The molecule has 3 aliphatic rings. The Balaban J connectivity index is 1.42. The number of rotatable bonds is 4. The largest absolute Gasteiger partial charge is 0.496 e. The standard InChI is InChI=1S/C20H30N2O3/c1-24-20-11-16-5-2-4-15(16)10-17(20)12-21-6-3-7-22(9-8-21)18-13-25-14-19(18)23/h10-11,18-19,23H,2-9,12-14H2,1H3/t18-,19-/m0/s1. The topological polar surface area (TPSA) is 45.2 Å². The smallest absolute Gasteiger partial charge is 0.123 e. The molecule has 2 fully saturated rings. The lowest BCUT2D eigenvalue weighted by molar-refractivity contribution is 0.0837. The van der Waals surface area contributed by atoms with Crippen LogP contribution in [-0.4, -0.2) is 73.6 Å². The second-order valence-electron chi connectivity index (χ2n) is 7.62. The molecule has 1 aromatic carbocycles. The van der Waals surface area contributed by atoms with E-state index in [1.54, 1.807) is 7.11 Å². The SMILES string of the molecule is COc1cc2c(cc1CN1CCCN([C@H]3COC[C@@H]3O)CC1)CCC2. The van der Waals surface area contributed by atoms with Gasteiger partial charge in [-0.15, -0.1) is 0 Å². The highest BCUT2D eigenvalue weighted by Crippen LogP contribution is 2.31. The Bertz CT molecular complexity index is 607. The normalized spacial score (nSPS) is 28.1. The van der Waals surface area contributed by atoms with Gasteiger partial charge in [0.2, 0.25) is 0 Å². The van der Waals surface area contributed by atoms with Gasteiger partial charge in [-0.05, 0) is 56.0 Å². The minimum atomic E-state index is -0.330. The van der Waals surface area contributed by atoms with Crippen molar-refractivity contribution < 1.29 is 14.6 Å². The third-order valence-electron chi connectivity index (χ3n) is 6.00. The Labute approximate surface area is 150 Å². The fraction of sp³-hybridized carbons (Fsp3) is 0.700. The molecule has 1 aliphatic carbocycles. The van der Waals surface area contributed by atoms with Crippen molar-refractivity contribution >= 4 is 0 Å². The van der Waals surface area contributed by atoms with Gasteiger partial charge in [-0.25, -0.2) is 0 Å². The van der Waals surface area contributed by atoms with Gasteiger partial charge in [-0.1, -0.05) is 6.07 Å². The highest BCUT2D eigenvalue weighted by atomic mass is 16.5. The van der Waals surface area contributed by atoms with Crippen LogP contribution in [0.4, 0.5) is 0 Å². The van der Waals surface area contributed by atoms with Gasteiger partial charge in [0, 0.05) is 25.2 Å². The first-order valence-electron chi connectivity index (χ1n) is 9.65. The second-order valence-corrected chi connectivity index (χ2v) is 7.62. The van der Waals surface area contributed by atoms with Crippen molar-refractivity contribution in [2.45, 2.75) is 44.4 Å². The molecule has 2 aliphatic heterocycles. The third-order valence-corrected chi connectivity index (χ3v) is 6.00. The maximum Gasteiger partial charge on any atom is 0.123 e. The summed E-state index contributed by atoms with van der Waals surface area (Å²) in [5.74, 6) is 1.04. The molecular weight excluding hydrogens is 316 g/mol. The lowest BCUT2D eigenvalue weighted by atomic mass is 10.0. The van der Waals surface area contributed by atoms with E-state index in [0.29, 0.717) is 13.2 Å².